The molecule has 0 unspecified atom stereocenters. The Kier molecular flexibility index (Phi) is 2.61. The Hall–Kier alpha value is -1.36. The van der Waals surface area contributed by atoms with Crippen molar-refractivity contribution in [2.75, 3.05) is 29.5 Å². The van der Waals surface area contributed by atoms with Gasteiger partial charge in [-0.05, 0) is 12.1 Å². The molecule has 2 aromatic rings. The van der Waals surface area contributed by atoms with E-state index in [1.165, 1.54) is 11.5 Å². The van der Waals surface area contributed by atoms with Crippen LogP contribution in [0.25, 0.3) is 11.0 Å². The van der Waals surface area contributed by atoms with Gasteiger partial charge >= 0.3 is 0 Å². The van der Waals surface area contributed by atoms with E-state index in [0.717, 1.165) is 29.9 Å². The summed E-state index contributed by atoms with van der Waals surface area (Å²) in [5.74, 6) is 3.37. The van der Waals surface area contributed by atoms with E-state index in [2.05, 4.69) is 19.9 Å². The third-order valence-electron chi connectivity index (χ3n) is 2.70. The van der Waals surface area contributed by atoms with E-state index < -0.39 is 0 Å². The topological polar surface area (TPSA) is 41.9 Å². The van der Waals surface area contributed by atoms with Crippen LogP contribution in [-0.4, -0.2) is 39.5 Å². The largest absolute Gasteiger partial charge is 0.354 e. The van der Waals surface area contributed by atoms with Gasteiger partial charge in [-0.15, -0.1) is 0 Å². The summed E-state index contributed by atoms with van der Waals surface area (Å²) in [5, 5.41) is 1.05. The Balaban J connectivity index is 2.08. The number of nitrogens with zero attached hydrogens (tertiary/aromatic N) is 4. The molecule has 4 nitrogen and oxygen atoms in total. The first kappa shape index (κ1) is 9.84. The van der Waals surface area contributed by atoms with E-state index in [4.69, 9.17) is 0 Å². The second kappa shape index (κ2) is 4.25. The number of anilines is 1. The molecular weight excluding hydrogens is 220 g/mol. The summed E-state index contributed by atoms with van der Waals surface area (Å²) in [4.78, 5) is 15.2. The fourth-order valence-electron chi connectivity index (χ4n) is 1.91. The summed E-state index contributed by atoms with van der Waals surface area (Å²) >= 11 is 2.00. The summed E-state index contributed by atoms with van der Waals surface area (Å²) in [6.45, 7) is 2.12. The number of fused-ring (bicyclic) bond motifs is 1. The van der Waals surface area contributed by atoms with Gasteiger partial charge in [-0.25, -0.2) is 15.0 Å². The highest BCUT2D eigenvalue weighted by Crippen LogP contribution is 2.23. The van der Waals surface area contributed by atoms with Crippen LogP contribution in [0.3, 0.4) is 0 Å². The molecule has 0 radical (unpaired) electrons. The minimum absolute atomic E-state index is 0.783. The highest BCUT2D eigenvalue weighted by Gasteiger charge is 2.15. The quantitative estimate of drug-likeness (QED) is 0.746. The van der Waals surface area contributed by atoms with E-state index in [0.29, 0.717) is 0 Å². The van der Waals surface area contributed by atoms with Crippen LogP contribution < -0.4 is 4.90 Å². The number of thioether (sulfide) groups is 1. The van der Waals surface area contributed by atoms with Gasteiger partial charge in [0.15, 0.2) is 5.65 Å². The monoisotopic (exact) mass is 232 g/mol. The molecule has 3 heterocycles. The highest BCUT2D eigenvalue weighted by molar-refractivity contribution is 7.99. The second-order valence-electron chi connectivity index (χ2n) is 3.67. The number of aromatic nitrogens is 3. The molecule has 0 spiro atoms. The van der Waals surface area contributed by atoms with Crippen molar-refractivity contribution in [2.24, 2.45) is 0 Å². The van der Waals surface area contributed by atoms with E-state index in [9.17, 15) is 0 Å². The SMILES string of the molecule is c1cnc2ncnc(N3CCSCC3)c2c1. The third-order valence-corrected chi connectivity index (χ3v) is 3.64. The molecule has 0 bridgehead atoms. The standard InChI is InChI=1S/C11H12N4S/c1-2-9-10(12-3-1)13-8-14-11(9)15-4-6-16-7-5-15/h1-3,8H,4-7H2. The summed E-state index contributed by atoms with van der Waals surface area (Å²) in [7, 11) is 0. The Morgan fingerprint density at radius 1 is 1.12 bits per heavy atom. The molecule has 16 heavy (non-hydrogen) atoms. The van der Waals surface area contributed by atoms with Gasteiger partial charge in [-0.2, -0.15) is 11.8 Å². The van der Waals surface area contributed by atoms with Gasteiger partial charge in [0.05, 0.1) is 5.39 Å². The van der Waals surface area contributed by atoms with Crippen molar-refractivity contribution in [3.05, 3.63) is 24.7 Å². The smallest absolute Gasteiger partial charge is 0.164 e. The minimum atomic E-state index is 0.783. The van der Waals surface area contributed by atoms with Crippen molar-refractivity contribution < 1.29 is 0 Å². The van der Waals surface area contributed by atoms with Gasteiger partial charge in [-0.3, -0.25) is 0 Å². The zero-order chi connectivity index (χ0) is 10.8. The van der Waals surface area contributed by atoms with Crippen molar-refractivity contribution in [3.63, 3.8) is 0 Å². The number of rotatable bonds is 1. The van der Waals surface area contributed by atoms with Gasteiger partial charge in [0.2, 0.25) is 0 Å². The van der Waals surface area contributed by atoms with Gasteiger partial charge in [0.1, 0.15) is 12.1 Å². The summed E-state index contributed by atoms with van der Waals surface area (Å²) in [6.07, 6.45) is 3.37. The van der Waals surface area contributed by atoms with Crippen molar-refractivity contribution in [2.45, 2.75) is 0 Å². The lowest BCUT2D eigenvalue weighted by Crippen LogP contribution is -2.33. The fourth-order valence-corrected chi connectivity index (χ4v) is 2.81. The van der Waals surface area contributed by atoms with Crippen LogP contribution in [0.2, 0.25) is 0 Å². The zero-order valence-electron chi connectivity index (χ0n) is 8.83. The van der Waals surface area contributed by atoms with Crippen molar-refractivity contribution in [1.29, 1.82) is 0 Å². The van der Waals surface area contributed by atoms with E-state index in [1.807, 2.05) is 23.9 Å². The summed E-state index contributed by atoms with van der Waals surface area (Å²) in [5.41, 5.74) is 0.783. The predicted molar refractivity (Wildman–Crippen MR) is 66.9 cm³/mol. The molecule has 1 saturated heterocycles. The molecule has 1 aliphatic rings. The molecule has 1 fully saturated rings. The van der Waals surface area contributed by atoms with Crippen molar-refractivity contribution in [3.8, 4) is 0 Å². The normalized spacial score (nSPS) is 16.6. The zero-order valence-corrected chi connectivity index (χ0v) is 9.65. The van der Waals surface area contributed by atoms with Crippen LogP contribution >= 0.6 is 11.8 Å². The average molecular weight is 232 g/mol. The molecule has 0 aromatic carbocycles. The van der Waals surface area contributed by atoms with Crippen LogP contribution in [0.15, 0.2) is 24.7 Å². The predicted octanol–water partition coefficient (Wildman–Crippen LogP) is 1.58. The minimum Gasteiger partial charge on any atom is -0.354 e. The second-order valence-corrected chi connectivity index (χ2v) is 4.90. The number of pyridine rings is 1. The van der Waals surface area contributed by atoms with Gasteiger partial charge in [0, 0.05) is 30.8 Å². The Morgan fingerprint density at radius 3 is 2.88 bits per heavy atom. The molecular formula is C11H12N4S. The first-order valence-electron chi connectivity index (χ1n) is 5.33. The maximum absolute atomic E-state index is 4.40. The van der Waals surface area contributed by atoms with Crippen LogP contribution in [-0.2, 0) is 0 Å². The highest BCUT2D eigenvalue weighted by atomic mass is 32.2. The first-order valence-corrected chi connectivity index (χ1v) is 6.49. The molecule has 0 aliphatic carbocycles. The summed E-state index contributed by atoms with van der Waals surface area (Å²) < 4.78 is 0. The van der Waals surface area contributed by atoms with E-state index in [1.54, 1.807) is 12.5 Å². The first-order chi connectivity index (χ1) is 7.95. The lowest BCUT2D eigenvalue weighted by Gasteiger charge is -2.27. The molecule has 2 aromatic heterocycles. The molecule has 0 N–H and O–H groups in total. The number of hydrogen-bond acceptors (Lipinski definition) is 5. The maximum atomic E-state index is 4.40. The van der Waals surface area contributed by atoms with Crippen LogP contribution in [0.1, 0.15) is 0 Å². The van der Waals surface area contributed by atoms with Crippen LogP contribution in [0.5, 0.6) is 0 Å². The lowest BCUT2D eigenvalue weighted by molar-refractivity contribution is 0.841. The number of hydrogen-bond donors (Lipinski definition) is 0. The van der Waals surface area contributed by atoms with E-state index in [-0.39, 0.29) is 0 Å². The van der Waals surface area contributed by atoms with Gasteiger partial charge < -0.3 is 4.90 Å². The molecule has 1 aliphatic heterocycles. The Morgan fingerprint density at radius 2 is 2.00 bits per heavy atom. The van der Waals surface area contributed by atoms with Gasteiger partial charge in [0.25, 0.3) is 0 Å². The maximum Gasteiger partial charge on any atom is 0.164 e. The molecule has 5 heteroatoms. The molecule has 0 saturated carbocycles. The van der Waals surface area contributed by atoms with Crippen molar-refractivity contribution >= 4 is 28.6 Å². The molecule has 0 amide bonds. The third kappa shape index (κ3) is 1.71. The fraction of sp³-hybridized carbons (Fsp3) is 0.364. The van der Waals surface area contributed by atoms with Crippen molar-refractivity contribution in [1.82, 2.24) is 15.0 Å². The average Bonchev–Trinajstić information content (AvgIpc) is 2.39. The molecule has 0 atom stereocenters. The Labute approximate surface area is 98.1 Å². The van der Waals surface area contributed by atoms with E-state index >= 15 is 0 Å². The van der Waals surface area contributed by atoms with Gasteiger partial charge in [-0.1, -0.05) is 0 Å². The van der Waals surface area contributed by atoms with Crippen LogP contribution in [0.4, 0.5) is 5.82 Å². The van der Waals surface area contributed by atoms with Crippen LogP contribution in [0, 0.1) is 0 Å². The summed E-state index contributed by atoms with van der Waals surface area (Å²) in [6, 6.07) is 3.98. The lowest BCUT2D eigenvalue weighted by atomic mass is 10.3. The Bertz CT molecular complexity index is 491. The molecule has 82 valence electrons. The molecule has 3 rings (SSSR count).